The molecule has 2 aromatic heterocycles. The van der Waals surface area contributed by atoms with Crippen molar-refractivity contribution in [3.63, 3.8) is 0 Å². The lowest BCUT2D eigenvalue weighted by molar-refractivity contribution is -0.0199. The van der Waals surface area contributed by atoms with Crippen LogP contribution in [-0.4, -0.2) is 41.4 Å². The van der Waals surface area contributed by atoms with Crippen LogP contribution in [0.3, 0.4) is 0 Å². The first-order valence-corrected chi connectivity index (χ1v) is 16.0. The zero-order valence-electron chi connectivity index (χ0n) is 22.9. The zero-order valence-corrected chi connectivity index (χ0v) is 24.6. The summed E-state index contributed by atoms with van der Waals surface area (Å²) in [4.78, 5) is 30.4. The molecule has 1 fully saturated rings. The van der Waals surface area contributed by atoms with E-state index in [2.05, 4.69) is 28.6 Å². The monoisotopic (exact) mass is 611 g/mol. The number of morpholine rings is 1. The van der Waals surface area contributed by atoms with Gasteiger partial charge in [-0.05, 0) is 51.2 Å². The van der Waals surface area contributed by atoms with Gasteiger partial charge < -0.3 is 14.4 Å². The minimum absolute atomic E-state index is 0.0163. The summed E-state index contributed by atoms with van der Waals surface area (Å²) in [5, 5.41) is 5.36. The van der Waals surface area contributed by atoms with Crippen LogP contribution in [0.1, 0.15) is 38.8 Å². The third kappa shape index (κ3) is 4.35. The van der Waals surface area contributed by atoms with Crippen molar-refractivity contribution < 1.29 is 18.7 Å². The number of pyridine rings is 1. The molecule has 0 bridgehead atoms. The predicted molar refractivity (Wildman–Crippen MR) is 165 cm³/mol. The molecule has 3 aromatic carbocycles. The van der Waals surface area contributed by atoms with Crippen molar-refractivity contribution in [3.05, 3.63) is 128 Å². The van der Waals surface area contributed by atoms with E-state index in [4.69, 9.17) is 9.47 Å². The van der Waals surface area contributed by atoms with Gasteiger partial charge in [0.1, 0.15) is 18.6 Å². The Morgan fingerprint density at radius 3 is 2.74 bits per heavy atom. The largest absolute Gasteiger partial charge is 0.482 e. The number of hydrogen-bond donors (Lipinski definition) is 0. The lowest BCUT2D eigenvalue weighted by Gasteiger charge is -2.51. The SMILES string of the molecule is O=C1c2c(OCc3ccccc3)c(=O)ccn2N(C2c3ccc(F)cc3CSc3c2ccc2ccsc32)[C@@H]2COCCN12. The molecule has 0 N–H and O–H groups in total. The van der Waals surface area contributed by atoms with Crippen molar-refractivity contribution >= 4 is 39.1 Å². The predicted octanol–water partition coefficient (Wildman–Crippen LogP) is 5.93. The van der Waals surface area contributed by atoms with Gasteiger partial charge in [0, 0.05) is 34.2 Å². The summed E-state index contributed by atoms with van der Waals surface area (Å²) in [7, 11) is 0. The summed E-state index contributed by atoms with van der Waals surface area (Å²) in [6.45, 7) is 1.19. The average Bonchev–Trinajstić information content (AvgIpc) is 3.46. The molecule has 3 aliphatic heterocycles. The van der Waals surface area contributed by atoms with Crippen LogP contribution < -0.4 is 15.2 Å². The number of halogens is 1. The number of amides is 1. The molecule has 216 valence electrons. The van der Waals surface area contributed by atoms with Crippen LogP contribution in [0.25, 0.3) is 10.1 Å². The summed E-state index contributed by atoms with van der Waals surface area (Å²) >= 11 is 3.40. The van der Waals surface area contributed by atoms with Crippen LogP contribution in [0.4, 0.5) is 4.39 Å². The molecular formula is C33H26FN3O4S2. The second-order valence-corrected chi connectivity index (χ2v) is 12.7. The molecule has 7 nitrogen and oxygen atoms in total. The Labute approximate surface area is 255 Å². The Morgan fingerprint density at radius 1 is 1.00 bits per heavy atom. The molecule has 3 aliphatic rings. The van der Waals surface area contributed by atoms with E-state index in [9.17, 15) is 14.0 Å². The third-order valence-corrected chi connectivity index (χ3v) is 10.6. The van der Waals surface area contributed by atoms with E-state index >= 15 is 0 Å². The van der Waals surface area contributed by atoms with E-state index in [1.54, 1.807) is 44.9 Å². The van der Waals surface area contributed by atoms with E-state index < -0.39 is 12.2 Å². The molecule has 43 heavy (non-hydrogen) atoms. The number of aromatic nitrogens is 1. The van der Waals surface area contributed by atoms with E-state index in [0.717, 1.165) is 32.5 Å². The molecule has 1 saturated heterocycles. The lowest BCUT2D eigenvalue weighted by Crippen LogP contribution is -2.66. The molecule has 0 aliphatic carbocycles. The number of thiophene rings is 1. The number of ether oxygens (including phenoxy) is 2. The van der Waals surface area contributed by atoms with Gasteiger partial charge in [-0.2, -0.15) is 0 Å². The maximum Gasteiger partial charge on any atom is 0.278 e. The van der Waals surface area contributed by atoms with Gasteiger partial charge in [-0.25, -0.2) is 4.39 Å². The molecule has 8 rings (SSSR count). The van der Waals surface area contributed by atoms with E-state index in [1.165, 1.54) is 16.8 Å². The Kier molecular flexibility index (Phi) is 6.50. The number of nitrogens with zero attached hydrogens (tertiary/aromatic N) is 3. The number of hydrogen-bond acceptors (Lipinski definition) is 7. The van der Waals surface area contributed by atoms with Crippen molar-refractivity contribution in [2.24, 2.45) is 0 Å². The van der Waals surface area contributed by atoms with Gasteiger partial charge in [0.2, 0.25) is 5.43 Å². The minimum Gasteiger partial charge on any atom is -0.482 e. The van der Waals surface area contributed by atoms with Crippen molar-refractivity contribution in [2.75, 3.05) is 24.8 Å². The molecule has 1 unspecified atom stereocenters. The average molecular weight is 612 g/mol. The highest BCUT2D eigenvalue weighted by Crippen LogP contribution is 2.48. The molecule has 0 spiro atoms. The van der Waals surface area contributed by atoms with Crippen LogP contribution in [-0.2, 0) is 17.1 Å². The number of carbonyl (C=O) groups excluding carboxylic acids is 1. The summed E-state index contributed by atoms with van der Waals surface area (Å²) in [5.41, 5.74) is 3.60. The van der Waals surface area contributed by atoms with Crippen molar-refractivity contribution in [2.45, 2.75) is 29.5 Å². The Bertz CT molecular complexity index is 1940. The highest BCUT2D eigenvalue weighted by atomic mass is 32.2. The Hall–Kier alpha value is -4.12. The summed E-state index contributed by atoms with van der Waals surface area (Å²) in [6.07, 6.45) is 1.19. The van der Waals surface area contributed by atoms with E-state index in [0.29, 0.717) is 18.9 Å². The fraction of sp³-hybridized carbons (Fsp3) is 0.212. The number of thioether (sulfide) groups is 1. The first-order chi connectivity index (χ1) is 21.1. The van der Waals surface area contributed by atoms with Crippen LogP contribution in [0.5, 0.6) is 5.75 Å². The molecule has 1 amide bonds. The van der Waals surface area contributed by atoms with Crippen molar-refractivity contribution in [1.82, 2.24) is 9.58 Å². The number of carbonyl (C=O) groups is 1. The Balaban J connectivity index is 1.36. The molecule has 5 aromatic rings. The molecular weight excluding hydrogens is 586 g/mol. The van der Waals surface area contributed by atoms with Gasteiger partial charge in [-0.3, -0.25) is 19.3 Å². The smallest absolute Gasteiger partial charge is 0.278 e. The van der Waals surface area contributed by atoms with Gasteiger partial charge in [-0.15, -0.1) is 23.1 Å². The zero-order chi connectivity index (χ0) is 29.1. The highest BCUT2D eigenvalue weighted by molar-refractivity contribution is 7.99. The molecule has 0 saturated carbocycles. The fourth-order valence-electron chi connectivity index (χ4n) is 6.34. The number of benzene rings is 3. The van der Waals surface area contributed by atoms with E-state index in [1.807, 2.05) is 36.4 Å². The lowest BCUT2D eigenvalue weighted by atomic mass is 9.93. The van der Waals surface area contributed by atoms with E-state index in [-0.39, 0.29) is 41.8 Å². The van der Waals surface area contributed by atoms with Gasteiger partial charge in [0.15, 0.2) is 11.4 Å². The maximum absolute atomic E-state index is 14.7. The quantitative estimate of drug-likeness (QED) is 0.251. The maximum atomic E-state index is 14.7. The van der Waals surface area contributed by atoms with Crippen LogP contribution in [0.2, 0.25) is 0 Å². The van der Waals surface area contributed by atoms with Gasteiger partial charge in [-0.1, -0.05) is 48.5 Å². The van der Waals surface area contributed by atoms with Crippen molar-refractivity contribution in [1.29, 1.82) is 0 Å². The van der Waals surface area contributed by atoms with Crippen LogP contribution >= 0.6 is 23.1 Å². The molecule has 5 heterocycles. The van der Waals surface area contributed by atoms with Crippen LogP contribution in [0.15, 0.2) is 94.1 Å². The fourth-order valence-corrected chi connectivity index (χ4v) is 8.66. The van der Waals surface area contributed by atoms with Crippen molar-refractivity contribution in [3.8, 4) is 5.75 Å². The second-order valence-electron chi connectivity index (χ2n) is 10.8. The minimum atomic E-state index is -0.462. The highest BCUT2D eigenvalue weighted by Gasteiger charge is 2.46. The first-order valence-electron chi connectivity index (χ1n) is 14.1. The normalized spacial score (nSPS) is 19.3. The van der Waals surface area contributed by atoms with Gasteiger partial charge in [0.05, 0.1) is 19.3 Å². The summed E-state index contributed by atoms with van der Waals surface area (Å²) < 4.78 is 29.7. The van der Waals surface area contributed by atoms with Gasteiger partial charge >= 0.3 is 0 Å². The standard InChI is InChI=1S/C33H26FN3O4S2/c34-23-7-9-24-22(16-23)19-43-32-25(8-6-21-11-15-42-31(21)32)28(24)37-27-18-40-14-13-35(27)33(39)29-30(26(38)10-12-36(29)37)41-17-20-4-2-1-3-5-20/h1-12,15-16,27-28H,13-14,17-19H2/t27-,28?/m1/s1. The summed E-state index contributed by atoms with van der Waals surface area (Å²) in [5.74, 6) is 0.0554. The first kappa shape index (κ1) is 26.5. The topological polar surface area (TPSA) is 64.0 Å². The molecule has 2 atom stereocenters. The molecule has 0 radical (unpaired) electrons. The third-order valence-electron chi connectivity index (χ3n) is 8.32. The number of fused-ring (bicyclic) bond motifs is 6. The summed E-state index contributed by atoms with van der Waals surface area (Å²) in [6, 6.07) is 21.9. The van der Waals surface area contributed by atoms with Crippen LogP contribution in [0, 0.1) is 5.82 Å². The molecule has 10 heteroatoms. The van der Waals surface area contributed by atoms with Gasteiger partial charge in [0.25, 0.3) is 5.91 Å². The second kappa shape index (κ2) is 10.6. The Morgan fingerprint density at radius 2 is 1.86 bits per heavy atom. The number of rotatable bonds is 4.